The summed E-state index contributed by atoms with van der Waals surface area (Å²) in [5, 5.41) is 8.37. The van der Waals surface area contributed by atoms with Gasteiger partial charge in [-0.3, -0.25) is 4.79 Å². The third-order valence-corrected chi connectivity index (χ3v) is 1.70. The highest BCUT2D eigenvalue weighted by molar-refractivity contribution is 6.10. The lowest BCUT2D eigenvalue weighted by atomic mass is 10.1. The van der Waals surface area contributed by atoms with Crippen LogP contribution in [0.5, 0.6) is 0 Å². The van der Waals surface area contributed by atoms with Gasteiger partial charge in [0, 0.05) is 5.56 Å². The summed E-state index contributed by atoms with van der Waals surface area (Å²) in [6.45, 7) is 0. The maximum absolute atomic E-state index is 13.2. The van der Waals surface area contributed by atoms with Crippen LogP contribution in [0.4, 0.5) is 4.39 Å². The van der Waals surface area contributed by atoms with Crippen LogP contribution in [0, 0.1) is 0 Å². The summed E-state index contributed by atoms with van der Waals surface area (Å²) in [7, 11) is 0. The Morgan fingerprint density at radius 2 is 1.73 bits per heavy atom. The number of Topliss-reactive ketones (excluding diaryl/α,β-unsaturated/α-hetero) is 1. The molecule has 0 radical (unpaired) electrons. The second kappa shape index (κ2) is 4.36. The number of carboxylic acid groups (broad SMARTS) is 1. The standard InChI is InChI=1S/C10H8FNO3/c11-7(8(12)10(14)15)9(13)6-4-2-1-3-5-6/h1-5H,12H2,(H,14,15). The summed E-state index contributed by atoms with van der Waals surface area (Å²) >= 11 is 0. The first kappa shape index (κ1) is 10.9. The van der Waals surface area contributed by atoms with E-state index in [0.717, 1.165) is 0 Å². The third-order valence-electron chi connectivity index (χ3n) is 1.70. The van der Waals surface area contributed by atoms with Crippen molar-refractivity contribution in [3.05, 3.63) is 47.4 Å². The van der Waals surface area contributed by atoms with Gasteiger partial charge in [0.05, 0.1) is 0 Å². The van der Waals surface area contributed by atoms with Crippen molar-refractivity contribution in [2.45, 2.75) is 0 Å². The predicted molar refractivity (Wildman–Crippen MR) is 50.7 cm³/mol. The van der Waals surface area contributed by atoms with Crippen LogP contribution >= 0.6 is 0 Å². The Morgan fingerprint density at radius 1 is 1.20 bits per heavy atom. The van der Waals surface area contributed by atoms with Gasteiger partial charge in [-0.05, 0) is 0 Å². The molecule has 1 aromatic carbocycles. The van der Waals surface area contributed by atoms with Crippen LogP contribution < -0.4 is 5.73 Å². The van der Waals surface area contributed by atoms with Gasteiger partial charge in [0.2, 0.25) is 11.6 Å². The number of halogens is 1. The number of nitrogens with two attached hydrogens (primary N) is 1. The highest BCUT2D eigenvalue weighted by Crippen LogP contribution is 2.11. The maximum Gasteiger partial charge on any atom is 0.354 e. The lowest BCUT2D eigenvalue weighted by Gasteiger charge is -1.99. The van der Waals surface area contributed by atoms with Gasteiger partial charge in [-0.2, -0.15) is 0 Å². The summed E-state index contributed by atoms with van der Waals surface area (Å²) < 4.78 is 13.2. The van der Waals surface area contributed by atoms with Crippen LogP contribution in [0.25, 0.3) is 0 Å². The maximum atomic E-state index is 13.2. The van der Waals surface area contributed by atoms with E-state index < -0.39 is 23.3 Å². The molecule has 5 heteroatoms. The van der Waals surface area contributed by atoms with Gasteiger partial charge in [-0.15, -0.1) is 0 Å². The molecular formula is C10H8FNO3. The lowest BCUT2D eigenvalue weighted by Crippen LogP contribution is -2.16. The van der Waals surface area contributed by atoms with E-state index in [2.05, 4.69) is 0 Å². The molecule has 0 aliphatic rings. The first-order valence-corrected chi connectivity index (χ1v) is 4.02. The van der Waals surface area contributed by atoms with Crippen molar-refractivity contribution in [1.82, 2.24) is 0 Å². The molecule has 0 atom stereocenters. The number of aliphatic carboxylic acids is 1. The third kappa shape index (κ3) is 2.40. The molecule has 4 nitrogen and oxygen atoms in total. The molecule has 0 aromatic heterocycles. The normalized spacial score (nSPS) is 11.8. The first-order valence-electron chi connectivity index (χ1n) is 4.02. The van der Waals surface area contributed by atoms with Crippen LogP contribution in [0.2, 0.25) is 0 Å². The molecule has 0 saturated carbocycles. The predicted octanol–water partition coefficient (Wildman–Crippen LogP) is 1.09. The van der Waals surface area contributed by atoms with Crippen molar-refractivity contribution in [2.75, 3.05) is 0 Å². The molecule has 0 heterocycles. The lowest BCUT2D eigenvalue weighted by molar-refractivity contribution is -0.132. The van der Waals surface area contributed by atoms with E-state index in [-0.39, 0.29) is 5.56 Å². The van der Waals surface area contributed by atoms with E-state index >= 15 is 0 Å². The van der Waals surface area contributed by atoms with Gasteiger partial charge in [0.1, 0.15) is 0 Å². The molecule has 0 bridgehead atoms. The molecule has 1 aromatic rings. The average molecular weight is 209 g/mol. The Morgan fingerprint density at radius 3 is 2.20 bits per heavy atom. The number of carboxylic acids is 1. The van der Waals surface area contributed by atoms with E-state index in [0.29, 0.717) is 0 Å². The minimum Gasteiger partial charge on any atom is -0.477 e. The van der Waals surface area contributed by atoms with E-state index in [1.807, 2.05) is 0 Å². The van der Waals surface area contributed by atoms with Crippen LogP contribution in [0.3, 0.4) is 0 Å². The van der Waals surface area contributed by atoms with Crippen molar-refractivity contribution in [2.24, 2.45) is 5.73 Å². The molecule has 78 valence electrons. The largest absolute Gasteiger partial charge is 0.477 e. The number of hydrogen-bond donors (Lipinski definition) is 2. The Hall–Kier alpha value is -2.17. The molecule has 0 unspecified atom stereocenters. The Kier molecular flexibility index (Phi) is 3.17. The van der Waals surface area contributed by atoms with Crippen LogP contribution in [-0.2, 0) is 4.79 Å². The van der Waals surface area contributed by atoms with Crippen molar-refractivity contribution in [1.29, 1.82) is 0 Å². The van der Waals surface area contributed by atoms with E-state index in [1.165, 1.54) is 24.3 Å². The minimum atomic E-state index is -1.66. The number of carbonyl (C=O) groups is 2. The molecule has 0 amide bonds. The second-order valence-electron chi connectivity index (χ2n) is 2.73. The Bertz CT molecular complexity index is 426. The van der Waals surface area contributed by atoms with Crippen molar-refractivity contribution in [3.63, 3.8) is 0 Å². The number of benzene rings is 1. The molecular weight excluding hydrogens is 201 g/mol. The van der Waals surface area contributed by atoms with E-state index in [9.17, 15) is 14.0 Å². The molecule has 3 N–H and O–H groups in total. The molecule has 1 rings (SSSR count). The quantitative estimate of drug-likeness (QED) is 0.576. The molecule has 0 fully saturated rings. The highest BCUT2D eigenvalue weighted by atomic mass is 19.1. The SMILES string of the molecule is NC(C(=O)O)=C(F)C(=O)c1ccccc1. The second-order valence-corrected chi connectivity index (χ2v) is 2.73. The van der Waals surface area contributed by atoms with Crippen molar-refractivity contribution in [3.8, 4) is 0 Å². The Balaban J connectivity index is 3.07. The van der Waals surface area contributed by atoms with Gasteiger partial charge in [0.25, 0.3) is 0 Å². The monoisotopic (exact) mass is 209 g/mol. The Labute approximate surface area is 84.8 Å². The molecule has 0 aliphatic heterocycles. The van der Waals surface area contributed by atoms with Gasteiger partial charge < -0.3 is 10.8 Å². The fourth-order valence-electron chi connectivity index (χ4n) is 0.932. The molecule has 0 aliphatic carbocycles. The first-order chi connectivity index (χ1) is 7.04. The minimum absolute atomic E-state index is 0.0548. The van der Waals surface area contributed by atoms with Gasteiger partial charge in [-0.1, -0.05) is 30.3 Å². The zero-order valence-corrected chi connectivity index (χ0v) is 7.61. The van der Waals surface area contributed by atoms with E-state index in [4.69, 9.17) is 10.8 Å². The molecule has 15 heavy (non-hydrogen) atoms. The topological polar surface area (TPSA) is 80.4 Å². The van der Waals surface area contributed by atoms with Crippen LogP contribution in [0.15, 0.2) is 41.9 Å². The average Bonchev–Trinajstić information content (AvgIpc) is 2.27. The number of hydrogen-bond acceptors (Lipinski definition) is 3. The summed E-state index contributed by atoms with van der Waals surface area (Å²) in [5.74, 6) is -4.14. The highest BCUT2D eigenvalue weighted by Gasteiger charge is 2.19. The summed E-state index contributed by atoms with van der Waals surface area (Å²) in [6.07, 6.45) is 0. The smallest absolute Gasteiger partial charge is 0.354 e. The number of carbonyl (C=O) groups excluding carboxylic acids is 1. The van der Waals surface area contributed by atoms with Gasteiger partial charge >= 0.3 is 5.97 Å². The van der Waals surface area contributed by atoms with Crippen LogP contribution in [-0.4, -0.2) is 16.9 Å². The number of ketones is 1. The fourth-order valence-corrected chi connectivity index (χ4v) is 0.932. The van der Waals surface area contributed by atoms with Crippen LogP contribution in [0.1, 0.15) is 10.4 Å². The zero-order valence-electron chi connectivity index (χ0n) is 7.61. The summed E-state index contributed by atoms with van der Waals surface area (Å²) in [4.78, 5) is 21.6. The summed E-state index contributed by atoms with van der Waals surface area (Å²) in [6, 6.07) is 7.47. The number of rotatable bonds is 3. The molecule has 0 saturated heterocycles. The fraction of sp³-hybridized carbons (Fsp3) is 0. The van der Waals surface area contributed by atoms with Crippen molar-refractivity contribution < 1.29 is 19.1 Å². The van der Waals surface area contributed by atoms with E-state index in [1.54, 1.807) is 6.07 Å². The van der Waals surface area contributed by atoms with Gasteiger partial charge in [-0.25, -0.2) is 9.18 Å². The molecule has 0 spiro atoms. The van der Waals surface area contributed by atoms with Gasteiger partial charge in [0.15, 0.2) is 5.70 Å². The van der Waals surface area contributed by atoms with Crippen molar-refractivity contribution >= 4 is 11.8 Å². The summed E-state index contributed by atoms with van der Waals surface area (Å²) in [5.41, 5.74) is 3.86. The number of allylic oxidation sites excluding steroid dienone is 1. The zero-order chi connectivity index (χ0) is 11.4.